The van der Waals surface area contributed by atoms with Gasteiger partial charge in [-0.25, -0.2) is 27.1 Å². The first-order valence-electron chi connectivity index (χ1n) is 11.2. The number of fused-ring (bicyclic) bond motifs is 2. The first-order chi connectivity index (χ1) is 17.7. The van der Waals surface area contributed by atoms with Gasteiger partial charge >= 0.3 is 18.0 Å². The minimum absolute atomic E-state index is 0.0210. The van der Waals surface area contributed by atoms with Crippen LogP contribution in [0.3, 0.4) is 0 Å². The number of methoxy groups -OCH3 is 1. The van der Waals surface area contributed by atoms with Gasteiger partial charge in [0.25, 0.3) is 10.0 Å². The lowest BCUT2D eigenvalue weighted by Crippen LogP contribution is -2.56. The highest BCUT2D eigenvalue weighted by Gasteiger charge is 2.61. The van der Waals surface area contributed by atoms with Crippen molar-refractivity contribution in [3.05, 3.63) is 95.1 Å². The fourth-order valence-electron chi connectivity index (χ4n) is 4.51. The largest absolute Gasteiger partial charge is 0.465 e. The van der Waals surface area contributed by atoms with Crippen LogP contribution in [0.1, 0.15) is 31.8 Å². The fourth-order valence-corrected chi connectivity index (χ4v) is 6.13. The Kier molecular flexibility index (Phi) is 5.87. The van der Waals surface area contributed by atoms with Crippen LogP contribution in [0.5, 0.6) is 0 Å². The van der Waals surface area contributed by atoms with Crippen LogP contribution in [0, 0.1) is 6.92 Å². The summed E-state index contributed by atoms with van der Waals surface area (Å²) in [6.45, 7) is 1.56. The van der Waals surface area contributed by atoms with Crippen molar-refractivity contribution in [2.75, 3.05) is 18.0 Å². The normalized spacial score (nSPS) is 20.2. The first-order valence-corrected chi connectivity index (χ1v) is 12.7. The lowest BCUT2D eigenvalue weighted by atomic mass is 9.91. The van der Waals surface area contributed by atoms with Crippen LogP contribution in [0.15, 0.2) is 77.7 Å². The van der Waals surface area contributed by atoms with Gasteiger partial charge in [0.1, 0.15) is 6.61 Å². The molecule has 2 atom stereocenters. The molecule has 2 heterocycles. The number of hydrogen-bond donors (Lipinski definition) is 1. The van der Waals surface area contributed by atoms with Gasteiger partial charge in [0, 0.05) is 5.56 Å². The Hall–Kier alpha value is -4.38. The molecule has 37 heavy (non-hydrogen) atoms. The van der Waals surface area contributed by atoms with Gasteiger partial charge in [0.05, 0.1) is 28.8 Å². The maximum Gasteiger partial charge on any atom is 0.408 e. The maximum absolute atomic E-state index is 13.9. The Labute approximate surface area is 212 Å². The Balaban J connectivity index is 1.62. The van der Waals surface area contributed by atoms with E-state index in [1.165, 1.54) is 43.5 Å². The van der Waals surface area contributed by atoms with E-state index in [4.69, 9.17) is 9.47 Å². The molecule has 190 valence electrons. The van der Waals surface area contributed by atoms with E-state index in [2.05, 4.69) is 10.1 Å². The number of aryl methyl sites for hydroxylation is 1. The zero-order valence-corrected chi connectivity index (χ0v) is 20.7. The van der Waals surface area contributed by atoms with E-state index in [0.29, 0.717) is 5.56 Å². The SMILES string of the molecule is COC(=O)c1ccc(C(=O)O[C@H]2N(S(=O)(=O)c3ccccc3)c3ccc(C)cc3[C@]23COC(=O)N3)cc1. The van der Waals surface area contributed by atoms with Crippen LogP contribution < -0.4 is 9.62 Å². The molecule has 2 aliphatic heterocycles. The Morgan fingerprint density at radius 3 is 2.24 bits per heavy atom. The maximum atomic E-state index is 13.9. The van der Waals surface area contributed by atoms with Crippen molar-refractivity contribution in [2.24, 2.45) is 0 Å². The Morgan fingerprint density at radius 1 is 1.00 bits per heavy atom. The third-order valence-corrected chi connectivity index (χ3v) is 8.10. The number of alkyl carbamates (subject to hydrolysis) is 1. The quantitative estimate of drug-likeness (QED) is 0.400. The minimum Gasteiger partial charge on any atom is -0.465 e. The lowest BCUT2D eigenvalue weighted by Gasteiger charge is -2.33. The predicted molar refractivity (Wildman–Crippen MR) is 130 cm³/mol. The molecule has 5 rings (SSSR count). The number of benzene rings is 3. The van der Waals surface area contributed by atoms with E-state index in [1.807, 2.05) is 6.92 Å². The van der Waals surface area contributed by atoms with Crippen molar-refractivity contribution in [1.29, 1.82) is 0 Å². The average molecular weight is 523 g/mol. The molecule has 3 aromatic carbocycles. The summed E-state index contributed by atoms with van der Waals surface area (Å²) >= 11 is 0. The molecule has 0 bridgehead atoms. The molecule has 1 fully saturated rings. The van der Waals surface area contributed by atoms with Gasteiger partial charge in [-0.15, -0.1) is 0 Å². The van der Waals surface area contributed by atoms with Gasteiger partial charge in [0.15, 0.2) is 5.54 Å². The number of nitrogens with one attached hydrogen (secondary N) is 1. The van der Waals surface area contributed by atoms with Gasteiger partial charge in [0.2, 0.25) is 6.23 Å². The van der Waals surface area contributed by atoms with E-state index in [1.54, 1.807) is 36.4 Å². The van der Waals surface area contributed by atoms with Crippen LogP contribution in [-0.2, 0) is 29.8 Å². The van der Waals surface area contributed by atoms with E-state index in [-0.39, 0.29) is 28.3 Å². The summed E-state index contributed by atoms with van der Waals surface area (Å²) in [4.78, 5) is 37.3. The molecule has 0 unspecified atom stereocenters. The molecule has 1 N–H and O–H groups in total. The molecule has 0 saturated carbocycles. The highest BCUT2D eigenvalue weighted by Crippen LogP contribution is 2.49. The molecular weight excluding hydrogens is 500 g/mol. The number of amides is 1. The molecule has 0 aliphatic carbocycles. The second-order valence-electron chi connectivity index (χ2n) is 8.63. The van der Waals surface area contributed by atoms with E-state index in [0.717, 1.165) is 9.87 Å². The van der Waals surface area contributed by atoms with Crippen molar-refractivity contribution in [2.45, 2.75) is 23.6 Å². The topological polar surface area (TPSA) is 128 Å². The molecule has 1 amide bonds. The van der Waals surface area contributed by atoms with Crippen LogP contribution in [0.4, 0.5) is 10.5 Å². The second kappa shape index (κ2) is 8.93. The van der Waals surface area contributed by atoms with Crippen molar-refractivity contribution < 1.29 is 37.0 Å². The first kappa shape index (κ1) is 24.3. The minimum atomic E-state index is -4.26. The number of carbonyl (C=O) groups is 3. The number of cyclic esters (lactones) is 1. The number of esters is 2. The molecule has 10 nitrogen and oxygen atoms in total. The molecule has 1 saturated heterocycles. The van der Waals surface area contributed by atoms with Gasteiger partial charge in [-0.2, -0.15) is 0 Å². The molecule has 1 spiro atoms. The van der Waals surface area contributed by atoms with Gasteiger partial charge < -0.3 is 19.5 Å². The molecule has 0 radical (unpaired) electrons. The summed E-state index contributed by atoms with van der Waals surface area (Å²) in [6, 6.07) is 18.3. The lowest BCUT2D eigenvalue weighted by molar-refractivity contribution is 0.00809. The van der Waals surface area contributed by atoms with E-state index in [9.17, 15) is 22.8 Å². The summed E-state index contributed by atoms with van der Waals surface area (Å²) in [7, 11) is -3.02. The summed E-state index contributed by atoms with van der Waals surface area (Å²) in [5, 5.41) is 2.70. The third-order valence-electron chi connectivity index (χ3n) is 6.32. The molecule has 11 heteroatoms. The zero-order chi connectivity index (χ0) is 26.4. The van der Waals surface area contributed by atoms with Gasteiger partial charge in [-0.05, 0) is 49.4 Å². The molecule has 3 aromatic rings. The van der Waals surface area contributed by atoms with E-state index >= 15 is 0 Å². The molecule has 2 aliphatic rings. The number of nitrogens with zero attached hydrogens (tertiary/aromatic N) is 1. The standard InChI is InChI=1S/C26H22N2O8S/c1-16-8-13-21-20(14-16)26(15-35-25(31)27-26)24(28(21)37(32,33)19-6-4-3-5-7-19)36-23(30)18-11-9-17(10-12-18)22(29)34-2/h3-14,24H,15H2,1-2H3,(H,27,31)/t24-,26-/m1/s1. The number of rotatable bonds is 5. The third kappa shape index (κ3) is 3.97. The predicted octanol–water partition coefficient (Wildman–Crippen LogP) is 3.11. The Morgan fingerprint density at radius 2 is 1.65 bits per heavy atom. The van der Waals surface area contributed by atoms with Crippen LogP contribution in [0.25, 0.3) is 0 Å². The van der Waals surface area contributed by atoms with Gasteiger partial charge in [-0.3, -0.25) is 0 Å². The highest BCUT2D eigenvalue weighted by atomic mass is 32.2. The average Bonchev–Trinajstić information content (AvgIpc) is 3.42. The number of carbonyl (C=O) groups excluding carboxylic acids is 3. The highest BCUT2D eigenvalue weighted by molar-refractivity contribution is 7.92. The van der Waals surface area contributed by atoms with Crippen LogP contribution >= 0.6 is 0 Å². The van der Waals surface area contributed by atoms with Crippen molar-refractivity contribution in [3.8, 4) is 0 Å². The Bertz CT molecular complexity index is 1510. The fraction of sp³-hybridized carbons (Fsp3) is 0.192. The number of anilines is 1. The number of hydrogen-bond acceptors (Lipinski definition) is 8. The smallest absolute Gasteiger partial charge is 0.408 e. The van der Waals surface area contributed by atoms with Gasteiger partial charge in [-0.1, -0.05) is 35.9 Å². The molecule has 0 aromatic heterocycles. The van der Waals surface area contributed by atoms with Crippen molar-refractivity contribution in [1.82, 2.24) is 5.32 Å². The number of ether oxygens (including phenoxy) is 3. The monoisotopic (exact) mass is 522 g/mol. The van der Waals surface area contributed by atoms with Crippen molar-refractivity contribution >= 4 is 33.7 Å². The zero-order valence-electron chi connectivity index (χ0n) is 19.8. The summed E-state index contributed by atoms with van der Waals surface area (Å²) in [5.74, 6) is -1.44. The molecular formula is C26H22N2O8S. The summed E-state index contributed by atoms with van der Waals surface area (Å²) < 4.78 is 44.6. The van der Waals surface area contributed by atoms with Crippen LogP contribution in [-0.4, -0.2) is 46.4 Å². The van der Waals surface area contributed by atoms with Crippen LogP contribution in [0.2, 0.25) is 0 Å². The van der Waals surface area contributed by atoms with Crippen molar-refractivity contribution in [3.63, 3.8) is 0 Å². The second-order valence-corrected chi connectivity index (χ2v) is 10.4. The van der Waals surface area contributed by atoms with E-state index < -0.39 is 39.8 Å². The summed E-state index contributed by atoms with van der Waals surface area (Å²) in [5.41, 5.74) is 0.306. The number of sulfonamides is 1. The summed E-state index contributed by atoms with van der Waals surface area (Å²) in [6.07, 6.45) is -2.27.